The summed E-state index contributed by atoms with van der Waals surface area (Å²) in [5, 5.41) is 3.04. The van der Waals surface area contributed by atoms with E-state index in [1.54, 1.807) is 17.0 Å². The number of nitrogens with one attached hydrogen (secondary N) is 1. The van der Waals surface area contributed by atoms with Gasteiger partial charge in [-0.2, -0.15) is 0 Å². The number of hydrogen-bond donors (Lipinski definition) is 1. The maximum atomic E-state index is 13.2. The average molecular weight is 451 g/mol. The number of carbonyl (C=O) groups is 2. The van der Waals surface area contributed by atoms with E-state index in [1.165, 1.54) is 0 Å². The van der Waals surface area contributed by atoms with Crippen molar-refractivity contribution in [3.05, 3.63) is 65.2 Å². The number of imidazole rings is 1. The van der Waals surface area contributed by atoms with Gasteiger partial charge < -0.3 is 24.1 Å². The molecule has 1 aliphatic rings. The molecule has 8 heteroatoms. The summed E-state index contributed by atoms with van der Waals surface area (Å²) in [6.07, 6.45) is 3.36. The number of amides is 2. The second kappa shape index (κ2) is 8.77. The highest BCUT2D eigenvalue weighted by atomic mass is 16.6. The summed E-state index contributed by atoms with van der Waals surface area (Å²) in [4.78, 5) is 31.9. The summed E-state index contributed by atoms with van der Waals surface area (Å²) >= 11 is 0. The second-order valence-electron chi connectivity index (χ2n) is 9.30. The summed E-state index contributed by atoms with van der Waals surface area (Å²) in [6.45, 7) is 10.4. The van der Waals surface area contributed by atoms with Crippen LogP contribution in [0.5, 0.6) is 5.75 Å². The van der Waals surface area contributed by atoms with E-state index in [9.17, 15) is 9.59 Å². The first-order valence-corrected chi connectivity index (χ1v) is 11.1. The Labute approximate surface area is 193 Å². The van der Waals surface area contributed by atoms with Crippen LogP contribution in [-0.2, 0) is 11.3 Å². The molecule has 0 bridgehead atoms. The number of aryl methyl sites for hydroxylation is 1. The molecule has 1 atom stereocenters. The zero-order valence-electron chi connectivity index (χ0n) is 19.7. The molecule has 8 nitrogen and oxygen atoms in total. The van der Waals surface area contributed by atoms with Gasteiger partial charge in [0.25, 0.3) is 5.91 Å². The molecule has 1 aliphatic heterocycles. The Balaban J connectivity index is 1.54. The van der Waals surface area contributed by atoms with Crippen LogP contribution in [0.2, 0.25) is 0 Å². The number of fused-ring (bicyclic) bond motifs is 2. The van der Waals surface area contributed by atoms with Gasteiger partial charge in [0, 0.05) is 11.8 Å². The standard InChI is InChI=1S/C25H30N4O4/c1-16-8-7-11-29-20(16)14-26-22(29)17(2)27-23(30)19-10-6-9-18-15-28(12-13-32-21(18)19)24(31)33-25(3,4)5/h6-11,14,17H,12-13,15H2,1-5H3,(H,27,30). The van der Waals surface area contributed by atoms with Gasteiger partial charge in [-0.25, -0.2) is 9.78 Å². The van der Waals surface area contributed by atoms with E-state index >= 15 is 0 Å². The molecule has 2 aromatic heterocycles. The van der Waals surface area contributed by atoms with Gasteiger partial charge in [0.1, 0.15) is 23.8 Å². The predicted molar refractivity (Wildman–Crippen MR) is 124 cm³/mol. The minimum Gasteiger partial charge on any atom is -0.491 e. The molecule has 2 amide bonds. The van der Waals surface area contributed by atoms with Crippen LogP contribution in [0.3, 0.4) is 0 Å². The Kier molecular flexibility index (Phi) is 6.01. The van der Waals surface area contributed by atoms with E-state index in [4.69, 9.17) is 9.47 Å². The summed E-state index contributed by atoms with van der Waals surface area (Å²) in [7, 11) is 0. The summed E-state index contributed by atoms with van der Waals surface area (Å²) in [5.41, 5.74) is 2.74. The minimum absolute atomic E-state index is 0.255. The van der Waals surface area contributed by atoms with Crippen LogP contribution in [0.25, 0.3) is 5.52 Å². The molecule has 1 N–H and O–H groups in total. The lowest BCUT2D eigenvalue weighted by Crippen LogP contribution is -2.37. The lowest BCUT2D eigenvalue weighted by molar-refractivity contribution is 0.0225. The number of nitrogens with zero attached hydrogens (tertiary/aromatic N) is 3. The molecule has 4 rings (SSSR count). The molecule has 33 heavy (non-hydrogen) atoms. The minimum atomic E-state index is -0.583. The number of rotatable bonds is 3. The number of carbonyl (C=O) groups excluding carboxylic acids is 2. The number of para-hydroxylation sites is 1. The molecule has 0 saturated heterocycles. The molecule has 1 unspecified atom stereocenters. The van der Waals surface area contributed by atoms with Crippen LogP contribution >= 0.6 is 0 Å². The normalized spacial score (nSPS) is 14.8. The van der Waals surface area contributed by atoms with Crippen molar-refractivity contribution in [2.75, 3.05) is 13.2 Å². The SMILES string of the molecule is Cc1cccn2c(C(C)NC(=O)c3cccc4c3OCCN(C(=O)OC(C)(C)C)C4)ncc12. The Morgan fingerprint density at radius 1 is 1.21 bits per heavy atom. The van der Waals surface area contributed by atoms with Crippen LogP contribution in [0.4, 0.5) is 4.79 Å². The monoisotopic (exact) mass is 450 g/mol. The molecule has 174 valence electrons. The third-order valence-corrected chi connectivity index (χ3v) is 5.51. The zero-order chi connectivity index (χ0) is 23.8. The first-order chi connectivity index (χ1) is 15.6. The third-order valence-electron chi connectivity index (χ3n) is 5.51. The molecule has 0 aliphatic carbocycles. The van der Waals surface area contributed by atoms with Gasteiger partial charge in [-0.05, 0) is 52.3 Å². The van der Waals surface area contributed by atoms with Gasteiger partial charge in [0.15, 0.2) is 0 Å². The fourth-order valence-corrected chi connectivity index (χ4v) is 3.93. The Hall–Kier alpha value is -3.55. The van der Waals surface area contributed by atoms with Gasteiger partial charge in [0.05, 0.1) is 36.4 Å². The van der Waals surface area contributed by atoms with Crippen LogP contribution < -0.4 is 10.1 Å². The second-order valence-corrected chi connectivity index (χ2v) is 9.30. The van der Waals surface area contributed by atoms with Crippen molar-refractivity contribution in [1.82, 2.24) is 19.6 Å². The van der Waals surface area contributed by atoms with E-state index < -0.39 is 11.7 Å². The van der Waals surface area contributed by atoms with Crippen molar-refractivity contribution in [2.24, 2.45) is 0 Å². The number of aromatic nitrogens is 2. The van der Waals surface area contributed by atoms with Gasteiger partial charge in [-0.3, -0.25) is 4.79 Å². The molecule has 1 aromatic carbocycles. The zero-order valence-corrected chi connectivity index (χ0v) is 19.7. The number of ether oxygens (including phenoxy) is 2. The highest BCUT2D eigenvalue weighted by Crippen LogP contribution is 2.29. The Morgan fingerprint density at radius 2 is 2.00 bits per heavy atom. The predicted octanol–water partition coefficient (Wildman–Crippen LogP) is 4.26. The molecule has 3 aromatic rings. The largest absolute Gasteiger partial charge is 0.491 e. The summed E-state index contributed by atoms with van der Waals surface area (Å²) in [6, 6.07) is 9.07. The summed E-state index contributed by atoms with van der Waals surface area (Å²) < 4.78 is 13.4. The Morgan fingerprint density at radius 3 is 2.76 bits per heavy atom. The topological polar surface area (TPSA) is 85.2 Å². The van der Waals surface area contributed by atoms with Crippen molar-refractivity contribution < 1.29 is 19.1 Å². The van der Waals surface area contributed by atoms with Crippen molar-refractivity contribution in [3.63, 3.8) is 0 Å². The van der Waals surface area contributed by atoms with Crippen molar-refractivity contribution in [1.29, 1.82) is 0 Å². The van der Waals surface area contributed by atoms with Gasteiger partial charge in [-0.15, -0.1) is 0 Å². The first-order valence-electron chi connectivity index (χ1n) is 11.1. The molecule has 0 fully saturated rings. The molecule has 0 radical (unpaired) electrons. The maximum Gasteiger partial charge on any atom is 0.410 e. The third kappa shape index (κ3) is 4.79. The molecular weight excluding hydrogens is 420 g/mol. The molecule has 3 heterocycles. The Bertz CT molecular complexity index is 1190. The smallest absolute Gasteiger partial charge is 0.410 e. The lowest BCUT2D eigenvalue weighted by atomic mass is 10.1. The van der Waals surface area contributed by atoms with E-state index in [-0.39, 0.29) is 18.6 Å². The van der Waals surface area contributed by atoms with Crippen LogP contribution in [-0.4, -0.2) is 45.0 Å². The van der Waals surface area contributed by atoms with Gasteiger partial charge in [0.2, 0.25) is 0 Å². The number of benzene rings is 1. The maximum absolute atomic E-state index is 13.2. The van der Waals surface area contributed by atoms with Gasteiger partial charge >= 0.3 is 6.09 Å². The van der Waals surface area contributed by atoms with Crippen LogP contribution in [0.1, 0.15) is 61.0 Å². The van der Waals surface area contributed by atoms with E-state index in [0.717, 1.165) is 22.5 Å². The fraction of sp³-hybridized carbons (Fsp3) is 0.400. The average Bonchev–Trinajstić information content (AvgIpc) is 3.05. The van der Waals surface area contributed by atoms with Crippen LogP contribution in [0, 0.1) is 6.92 Å². The first kappa shape index (κ1) is 22.6. The fourth-order valence-electron chi connectivity index (χ4n) is 3.93. The molecular formula is C25H30N4O4. The quantitative estimate of drug-likeness (QED) is 0.644. The summed E-state index contributed by atoms with van der Waals surface area (Å²) in [5.74, 6) is 0.993. The van der Waals surface area contributed by atoms with Crippen molar-refractivity contribution >= 4 is 17.5 Å². The molecule has 0 spiro atoms. The highest BCUT2D eigenvalue weighted by Gasteiger charge is 2.28. The van der Waals surface area contributed by atoms with Crippen molar-refractivity contribution in [3.8, 4) is 5.75 Å². The van der Waals surface area contributed by atoms with E-state index in [2.05, 4.69) is 10.3 Å². The number of pyridine rings is 1. The number of hydrogen-bond acceptors (Lipinski definition) is 5. The van der Waals surface area contributed by atoms with Gasteiger partial charge in [-0.1, -0.05) is 18.2 Å². The van der Waals surface area contributed by atoms with Crippen LogP contribution in [0.15, 0.2) is 42.7 Å². The highest BCUT2D eigenvalue weighted by molar-refractivity contribution is 5.97. The molecule has 0 saturated carbocycles. The lowest BCUT2D eigenvalue weighted by Gasteiger charge is -2.26. The van der Waals surface area contributed by atoms with E-state index in [0.29, 0.717) is 24.4 Å². The van der Waals surface area contributed by atoms with E-state index in [1.807, 2.05) is 69.6 Å². The van der Waals surface area contributed by atoms with Crippen molar-refractivity contribution in [2.45, 2.75) is 52.8 Å².